The van der Waals surface area contributed by atoms with Crippen LogP contribution in [-0.2, 0) is 0 Å². The first-order valence-corrected chi connectivity index (χ1v) is 19.6. The second kappa shape index (κ2) is 15.0. The molecule has 0 radical (unpaired) electrons. The fraction of sp³-hybridized carbons (Fsp3) is 0. The molecule has 0 fully saturated rings. The highest BCUT2D eigenvalue weighted by Crippen LogP contribution is 2.40. The van der Waals surface area contributed by atoms with Gasteiger partial charge in [0.2, 0.25) is 0 Å². The van der Waals surface area contributed by atoms with Crippen molar-refractivity contribution in [3.05, 3.63) is 237 Å². The second-order valence-electron chi connectivity index (χ2n) is 14.6. The van der Waals surface area contributed by atoms with Crippen molar-refractivity contribution in [3.63, 3.8) is 0 Å². The molecular formula is C56H39N. The third kappa shape index (κ3) is 6.77. The van der Waals surface area contributed by atoms with Gasteiger partial charge in [-0.15, -0.1) is 0 Å². The van der Waals surface area contributed by atoms with Crippen molar-refractivity contribution in [2.45, 2.75) is 0 Å². The van der Waals surface area contributed by atoms with Gasteiger partial charge in [0.25, 0.3) is 0 Å². The molecule has 0 aliphatic rings. The molecule has 0 N–H and O–H groups in total. The van der Waals surface area contributed by atoms with Crippen LogP contribution >= 0.6 is 0 Å². The standard InChI is InChI=1S/C56H39N/c1-3-12-40(13-4-1)42-22-24-43(25-23-42)44-26-32-50(33-27-44)57(51-34-28-45(29-35-51)48-18-11-17-47(38-48)41-14-5-2-6-15-41)52-36-30-46(31-37-52)56-39-49-16-7-8-19-53(49)54-20-9-10-21-55(54)56/h1-39H. The third-order valence-electron chi connectivity index (χ3n) is 11.1. The van der Waals surface area contributed by atoms with Gasteiger partial charge in [0, 0.05) is 17.1 Å². The monoisotopic (exact) mass is 725 g/mol. The molecule has 1 heteroatoms. The Hall–Kier alpha value is -7.48. The van der Waals surface area contributed by atoms with E-state index in [1.165, 1.54) is 77.2 Å². The SMILES string of the molecule is c1ccc(-c2ccc(-c3ccc(N(c4ccc(-c5cccc(-c6ccccc6)c5)cc4)c4ccc(-c5cc6ccccc6c6ccccc56)cc4)cc3)cc2)cc1. The second-order valence-corrected chi connectivity index (χ2v) is 14.6. The van der Waals surface area contributed by atoms with Gasteiger partial charge in [0.15, 0.2) is 0 Å². The topological polar surface area (TPSA) is 3.24 Å². The average molecular weight is 726 g/mol. The Morgan fingerprint density at radius 2 is 0.561 bits per heavy atom. The van der Waals surface area contributed by atoms with E-state index in [1.807, 2.05) is 0 Å². The van der Waals surface area contributed by atoms with Gasteiger partial charge in [-0.25, -0.2) is 0 Å². The lowest BCUT2D eigenvalue weighted by Crippen LogP contribution is -2.09. The van der Waals surface area contributed by atoms with Gasteiger partial charge in [0.05, 0.1) is 0 Å². The number of hydrogen-bond donors (Lipinski definition) is 0. The van der Waals surface area contributed by atoms with E-state index in [9.17, 15) is 0 Å². The molecule has 0 heterocycles. The first-order valence-electron chi connectivity index (χ1n) is 19.6. The van der Waals surface area contributed by atoms with Crippen molar-refractivity contribution in [1.29, 1.82) is 0 Å². The van der Waals surface area contributed by atoms with Crippen LogP contribution in [0.4, 0.5) is 17.1 Å². The zero-order valence-corrected chi connectivity index (χ0v) is 31.5. The van der Waals surface area contributed by atoms with Crippen LogP contribution in [0.3, 0.4) is 0 Å². The summed E-state index contributed by atoms with van der Waals surface area (Å²) in [5.41, 5.74) is 15.4. The van der Waals surface area contributed by atoms with Gasteiger partial charge in [0.1, 0.15) is 0 Å². The van der Waals surface area contributed by atoms with Gasteiger partial charge >= 0.3 is 0 Å². The van der Waals surface area contributed by atoms with Crippen LogP contribution < -0.4 is 4.90 Å². The molecule has 57 heavy (non-hydrogen) atoms. The number of nitrogens with zero attached hydrogens (tertiary/aromatic N) is 1. The molecule has 0 aromatic heterocycles. The normalized spacial score (nSPS) is 11.2. The molecule has 0 aliphatic heterocycles. The molecule has 0 bridgehead atoms. The van der Waals surface area contributed by atoms with Crippen LogP contribution in [-0.4, -0.2) is 0 Å². The first-order chi connectivity index (χ1) is 28.2. The Kier molecular flexibility index (Phi) is 8.95. The summed E-state index contributed by atoms with van der Waals surface area (Å²) >= 11 is 0. The van der Waals surface area contributed by atoms with Gasteiger partial charge in [-0.05, 0) is 126 Å². The maximum atomic E-state index is 2.36. The predicted octanol–water partition coefficient (Wildman–Crippen LogP) is 15.8. The minimum atomic E-state index is 1.10. The molecule has 10 aromatic carbocycles. The van der Waals surface area contributed by atoms with Crippen molar-refractivity contribution >= 4 is 38.6 Å². The number of hydrogen-bond acceptors (Lipinski definition) is 1. The Labute approximate surface area is 334 Å². The lowest BCUT2D eigenvalue weighted by atomic mass is 9.93. The smallest absolute Gasteiger partial charge is 0.0462 e. The summed E-state index contributed by atoms with van der Waals surface area (Å²) in [4.78, 5) is 2.36. The molecule has 0 atom stereocenters. The fourth-order valence-electron chi connectivity index (χ4n) is 8.13. The predicted molar refractivity (Wildman–Crippen MR) is 243 cm³/mol. The van der Waals surface area contributed by atoms with E-state index in [1.54, 1.807) is 0 Å². The van der Waals surface area contributed by atoms with E-state index in [0.29, 0.717) is 0 Å². The van der Waals surface area contributed by atoms with Crippen molar-refractivity contribution in [2.24, 2.45) is 0 Å². The molecule has 0 saturated heterocycles. The summed E-state index contributed by atoms with van der Waals surface area (Å²) in [6.45, 7) is 0. The zero-order valence-electron chi connectivity index (χ0n) is 31.5. The van der Waals surface area contributed by atoms with E-state index in [4.69, 9.17) is 0 Å². The summed E-state index contributed by atoms with van der Waals surface area (Å²) in [6.07, 6.45) is 0. The van der Waals surface area contributed by atoms with Crippen LogP contribution in [0.25, 0.3) is 77.2 Å². The number of rotatable bonds is 8. The van der Waals surface area contributed by atoms with Crippen LogP contribution in [0.15, 0.2) is 237 Å². The van der Waals surface area contributed by atoms with E-state index < -0.39 is 0 Å². The zero-order chi connectivity index (χ0) is 38.0. The summed E-state index contributed by atoms with van der Waals surface area (Å²) in [6, 6.07) is 85.5. The maximum absolute atomic E-state index is 2.36. The highest BCUT2D eigenvalue weighted by Gasteiger charge is 2.15. The van der Waals surface area contributed by atoms with E-state index >= 15 is 0 Å². The Bertz CT molecular complexity index is 2950. The maximum Gasteiger partial charge on any atom is 0.0462 e. The van der Waals surface area contributed by atoms with Crippen LogP contribution in [0.5, 0.6) is 0 Å². The summed E-state index contributed by atoms with van der Waals surface area (Å²) in [5, 5.41) is 5.08. The molecule has 0 unspecified atom stereocenters. The number of anilines is 3. The largest absolute Gasteiger partial charge is 0.311 e. The average Bonchev–Trinajstić information content (AvgIpc) is 3.30. The molecule has 0 aliphatic carbocycles. The molecule has 0 spiro atoms. The number of fused-ring (bicyclic) bond motifs is 3. The van der Waals surface area contributed by atoms with Crippen molar-refractivity contribution in [3.8, 4) is 55.6 Å². The molecule has 10 aromatic rings. The van der Waals surface area contributed by atoms with E-state index in [-0.39, 0.29) is 0 Å². The van der Waals surface area contributed by atoms with Gasteiger partial charge in [-0.1, -0.05) is 188 Å². The minimum Gasteiger partial charge on any atom is -0.311 e. The van der Waals surface area contributed by atoms with Crippen LogP contribution in [0, 0.1) is 0 Å². The van der Waals surface area contributed by atoms with E-state index in [2.05, 4.69) is 241 Å². The Balaban J connectivity index is 1.02. The Morgan fingerprint density at radius 1 is 0.211 bits per heavy atom. The van der Waals surface area contributed by atoms with Gasteiger partial charge in [-0.2, -0.15) is 0 Å². The highest BCUT2D eigenvalue weighted by molar-refractivity contribution is 6.13. The molecule has 10 rings (SSSR count). The molecule has 0 saturated carbocycles. The summed E-state index contributed by atoms with van der Waals surface area (Å²) < 4.78 is 0. The molecule has 268 valence electrons. The van der Waals surface area contributed by atoms with Crippen molar-refractivity contribution in [2.75, 3.05) is 4.90 Å². The van der Waals surface area contributed by atoms with Crippen LogP contribution in [0.2, 0.25) is 0 Å². The van der Waals surface area contributed by atoms with Crippen molar-refractivity contribution in [1.82, 2.24) is 0 Å². The summed E-state index contributed by atoms with van der Waals surface area (Å²) in [7, 11) is 0. The lowest BCUT2D eigenvalue weighted by Gasteiger charge is -2.26. The van der Waals surface area contributed by atoms with E-state index in [0.717, 1.165) is 17.1 Å². The Morgan fingerprint density at radius 3 is 1.09 bits per heavy atom. The molecule has 0 amide bonds. The fourth-order valence-corrected chi connectivity index (χ4v) is 8.13. The quantitative estimate of drug-likeness (QED) is 0.141. The first kappa shape index (κ1) is 34.0. The van der Waals surface area contributed by atoms with Crippen molar-refractivity contribution < 1.29 is 0 Å². The molecular weight excluding hydrogens is 687 g/mol. The van der Waals surface area contributed by atoms with Gasteiger partial charge in [-0.3, -0.25) is 0 Å². The molecule has 1 nitrogen and oxygen atoms in total. The number of benzene rings is 10. The van der Waals surface area contributed by atoms with Gasteiger partial charge < -0.3 is 4.90 Å². The highest BCUT2D eigenvalue weighted by atomic mass is 15.1. The van der Waals surface area contributed by atoms with Crippen LogP contribution in [0.1, 0.15) is 0 Å². The minimum absolute atomic E-state index is 1.10. The lowest BCUT2D eigenvalue weighted by molar-refractivity contribution is 1.28. The third-order valence-corrected chi connectivity index (χ3v) is 11.1. The summed E-state index contributed by atoms with van der Waals surface area (Å²) in [5.74, 6) is 0.